The van der Waals surface area contributed by atoms with Gasteiger partial charge < -0.3 is 0 Å². The van der Waals surface area contributed by atoms with Gasteiger partial charge in [0, 0.05) is 0 Å². The average Bonchev–Trinajstić information content (AvgIpc) is 2.78. The van der Waals surface area contributed by atoms with E-state index in [0.717, 1.165) is 27.7 Å². The maximum atomic E-state index is 12.8. The van der Waals surface area contributed by atoms with Crippen LogP contribution >= 0.6 is 23.2 Å². The molecule has 0 aliphatic carbocycles. The van der Waals surface area contributed by atoms with Crippen LogP contribution in [0.1, 0.15) is 15.9 Å². The van der Waals surface area contributed by atoms with Gasteiger partial charge in [-0.2, -0.15) is 0 Å². The number of benzene rings is 2. The Morgan fingerprint density at radius 2 is 1.69 bits per heavy atom. The molecule has 0 fully saturated rings. The second kappa shape index (κ2) is 9.83. The van der Waals surface area contributed by atoms with Gasteiger partial charge in [0.25, 0.3) is 0 Å². The second-order valence-electron chi connectivity index (χ2n) is 7.05. The molecule has 0 spiro atoms. The molecule has 4 rings (SSSR count). The van der Waals surface area contributed by atoms with Gasteiger partial charge in [-0.15, -0.1) is 0 Å². The maximum absolute atomic E-state index is 12.8. The third-order valence-electron chi connectivity index (χ3n) is 4.89. The van der Waals surface area contributed by atoms with E-state index in [2.05, 4.69) is 9.97 Å². The van der Waals surface area contributed by atoms with Crippen LogP contribution < -0.4 is 0 Å². The van der Waals surface area contributed by atoms with E-state index in [1.54, 1.807) is 30.6 Å². The number of nitrogens with zero attached hydrogens (tertiary/aromatic N) is 2. The van der Waals surface area contributed by atoms with Crippen LogP contribution in [0.2, 0.25) is 14.8 Å². The number of carbonyl (C=O) groups excluding carboxylic acids is 1. The van der Waals surface area contributed by atoms with Crippen LogP contribution in [0, 0.1) is 0 Å². The summed E-state index contributed by atoms with van der Waals surface area (Å²) in [5.74, 6) is -1.01. The zero-order chi connectivity index (χ0) is 22.7. The molecule has 0 saturated heterocycles. The van der Waals surface area contributed by atoms with Crippen molar-refractivity contribution in [1.82, 2.24) is 9.97 Å². The number of rotatable bonds is 7. The molecule has 32 heavy (non-hydrogen) atoms. The third kappa shape index (κ3) is 5.02. The van der Waals surface area contributed by atoms with Crippen LogP contribution in [0.4, 0.5) is 0 Å². The predicted molar refractivity (Wildman–Crippen MR) is 127 cm³/mol. The normalized spacial score (nSPS) is 12.3. The van der Waals surface area contributed by atoms with Gasteiger partial charge in [-0.05, 0) is 0 Å². The Kier molecular flexibility index (Phi) is 6.90. The number of carboxylic acid groups (broad SMARTS) is 1. The van der Waals surface area contributed by atoms with Crippen molar-refractivity contribution in [2.45, 2.75) is 11.1 Å². The van der Waals surface area contributed by atoms with Crippen molar-refractivity contribution in [3.05, 3.63) is 94.2 Å². The van der Waals surface area contributed by atoms with Crippen LogP contribution in [-0.2, 0) is 11.2 Å². The topological polar surface area (TPSA) is 80.2 Å². The monoisotopic (exact) mass is 525 g/mol. The average molecular weight is 526 g/mol. The second-order valence-corrected chi connectivity index (χ2v) is 10.6. The van der Waals surface area contributed by atoms with E-state index in [1.807, 2.05) is 42.5 Å². The van der Waals surface area contributed by atoms with Gasteiger partial charge in [0.15, 0.2) is 0 Å². The number of pyridine rings is 2. The van der Waals surface area contributed by atoms with Crippen LogP contribution in [0.25, 0.3) is 22.2 Å². The molecule has 8 heteroatoms. The summed E-state index contributed by atoms with van der Waals surface area (Å²) in [6.07, 6.45) is 3.68. The summed E-state index contributed by atoms with van der Waals surface area (Å²) in [4.78, 5) is 33.4. The molecule has 1 N–H and O–H groups in total. The minimum atomic E-state index is -1.21. The first-order chi connectivity index (χ1) is 15.4. The molecule has 5 nitrogen and oxygen atoms in total. The summed E-state index contributed by atoms with van der Waals surface area (Å²) < 4.78 is -1.11. The number of hydrogen-bond acceptors (Lipinski definition) is 4. The first-order valence-electron chi connectivity index (χ1n) is 9.64. The van der Waals surface area contributed by atoms with Crippen LogP contribution in [0.5, 0.6) is 0 Å². The van der Waals surface area contributed by atoms with Gasteiger partial charge in [0.2, 0.25) is 0 Å². The molecule has 0 bridgehead atoms. The fraction of sp³-hybridized carbons (Fsp3) is 0.0833. The molecular weight excluding hydrogens is 510 g/mol. The van der Waals surface area contributed by atoms with Gasteiger partial charge in [-0.25, -0.2) is 0 Å². The number of carboxylic acids is 1. The predicted octanol–water partition coefficient (Wildman–Crippen LogP) is 5.56. The van der Waals surface area contributed by atoms with E-state index >= 15 is 0 Å². The zero-order valence-corrected chi connectivity index (χ0v) is 20.0. The molecule has 0 aliphatic heterocycles. The first-order valence-corrected chi connectivity index (χ1v) is 12.4. The van der Waals surface area contributed by atoms with Crippen molar-refractivity contribution >= 4 is 60.4 Å². The van der Waals surface area contributed by atoms with Crippen LogP contribution in [0.15, 0.2) is 73.1 Å². The standard InChI is InChI=1S/C24H16AsCl2N2O3/c26-18-2-1-3-19(27)22(18)23(30)25-17(24(31)32)13-14-4-6-21-16(12-14)5-7-20(29-21)15-8-10-28-11-9-15/h1-12,17H,13H2,(H,31,32). The van der Waals surface area contributed by atoms with Gasteiger partial charge in [0.1, 0.15) is 0 Å². The Balaban J connectivity index is 1.56. The van der Waals surface area contributed by atoms with E-state index in [9.17, 15) is 14.7 Å². The zero-order valence-electron chi connectivity index (χ0n) is 16.6. The Labute approximate surface area is 201 Å². The molecule has 0 aliphatic rings. The molecule has 159 valence electrons. The molecule has 0 saturated carbocycles. The van der Waals surface area contributed by atoms with Gasteiger partial charge in [-0.3, -0.25) is 0 Å². The molecule has 2 heterocycles. The molecule has 0 amide bonds. The van der Waals surface area contributed by atoms with Gasteiger partial charge in [0.05, 0.1) is 0 Å². The molecule has 1 unspecified atom stereocenters. The van der Waals surface area contributed by atoms with Crippen molar-refractivity contribution in [3.63, 3.8) is 0 Å². The quantitative estimate of drug-likeness (QED) is 0.319. The molecular formula is C24H16AsCl2N2O3. The summed E-state index contributed by atoms with van der Waals surface area (Å²) in [6, 6.07) is 18.1. The van der Waals surface area contributed by atoms with Crippen LogP contribution in [0.3, 0.4) is 0 Å². The van der Waals surface area contributed by atoms with E-state index < -0.39 is 26.4 Å². The van der Waals surface area contributed by atoms with Crippen molar-refractivity contribution in [2.75, 3.05) is 0 Å². The summed E-state index contributed by atoms with van der Waals surface area (Å²) >= 11 is 11.0. The molecule has 2 aromatic carbocycles. The SMILES string of the molecule is O=C([As]C(Cc1ccc2nc(-c3ccncc3)ccc2c1)C(=O)O)c1c(Cl)cccc1Cl. The molecule has 2 aromatic heterocycles. The van der Waals surface area contributed by atoms with E-state index in [0.29, 0.717) is 0 Å². The molecule has 4 aromatic rings. The third-order valence-corrected chi connectivity index (χ3v) is 7.99. The van der Waals surface area contributed by atoms with E-state index in [4.69, 9.17) is 23.2 Å². The number of carbonyl (C=O) groups is 2. The Morgan fingerprint density at radius 1 is 0.969 bits per heavy atom. The molecule has 1 atom stereocenters. The van der Waals surface area contributed by atoms with Crippen molar-refractivity contribution in [1.29, 1.82) is 0 Å². The number of aliphatic carboxylic acids is 1. The minimum absolute atomic E-state index is 0.202. The van der Waals surface area contributed by atoms with Crippen molar-refractivity contribution < 1.29 is 14.7 Å². The Bertz CT molecular complexity index is 1300. The van der Waals surface area contributed by atoms with Gasteiger partial charge in [-0.1, -0.05) is 0 Å². The summed E-state index contributed by atoms with van der Waals surface area (Å²) in [6.45, 7) is 0. The number of halogens is 2. The van der Waals surface area contributed by atoms with Crippen molar-refractivity contribution in [3.8, 4) is 11.3 Å². The number of fused-ring (bicyclic) bond motifs is 1. The first kappa shape index (κ1) is 22.5. The number of aromatic nitrogens is 2. The molecule has 1 radical (unpaired) electrons. The van der Waals surface area contributed by atoms with Crippen molar-refractivity contribution in [2.24, 2.45) is 0 Å². The van der Waals surface area contributed by atoms with E-state index in [1.165, 1.54) is 0 Å². The summed E-state index contributed by atoms with van der Waals surface area (Å²) in [5.41, 5.74) is 3.65. The number of hydrogen-bond donors (Lipinski definition) is 1. The summed E-state index contributed by atoms with van der Waals surface area (Å²) in [7, 11) is 0. The summed E-state index contributed by atoms with van der Waals surface area (Å²) in [5, 5.41) is 11.1. The Hall–Kier alpha value is -2.72. The van der Waals surface area contributed by atoms with Gasteiger partial charge >= 0.3 is 202 Å². The fourth-order valence-electron chi connectivity index (χ4n) is 3.31. The fourth-order valence-corrected chi connectivity index (χ4v) is 6.40. The Morgan fingerprint density at radius 3 is 2.38 bits per heavy atom. The van der Waals surface area contributed by atoms with E-state index in [-0.39, 0.29) is 26.6 Å². The van der Waals surface area contributed by atoms with Crippen LogP contribution in [-0.4, -0.2) is 41.4 Å².